The minimum Gasteiger partial charge on any atom is -0.381 e. The van der Waals surface area contributed by atoms with Crippen molar-refractivity contribution in [3.05, 3.63) is 22.4 Å². The summed E-state index contributed by atoms with van der Waals surface area (Å²) in [6, 6.07) is 4.63. The molecule has 1 aliphatic heterocycles. The number of guanidine groups is 1. The molecule has 0 spiro atoms. The van der Waals surface area contributed by atoms with Crippen LogP contribution >= 0.6 is 11.3 Å². The van der Waals surface area contributed by atoms with Crippen molar-refractivity contribution in [3.63, 3.8) is 0 Å². The van der Waals surface area contributed by atoms with Gasteiger partial charge in [0.15, 0.2) is 5.96 Å². The van der Waals surface area contributed by atoms with E-state index in [2.05, 4.69) is 52.1 Å². The van der Waals surface area contributed by atoms with E-state index in [0.29, 0.717) is 12.0 Å². The Morgan fingerprint density at radius 2 is 2.19 bits per heavy atom. The second-order valence-electron chi connectivity index (χ2n) is 6.86. The van der Waals surface area contributed by atoms with Crippen LogP contribution in [0.1, 0.15) is 30.2 Å². The normalized spacial score (nSPS) is 17.5. The van der Waals surface area contributed by atoms with Gasteiger partial charge in [-0.2, -0.15) is 0 Å². The van der Waals surface area contributed by atoms with Crippen LogP contribution < -0.4 is 10.6 Å². The molecule has 1 saturated heterocycles. The van der Waals surface area contributed by atoms with Gasteiger partial charge in [0.25, 0.3) is 0 Å². The standard InChI is InChI=1S/C19H34N4O2S/c1-20-19(22-14-17(23(2)3)18-6-4-13-26-18)21-9-5-10-25-15-16-7-11-24-12-8-16/h4,6,13,16-17H,5,7-12,14-15H2,1-3H3,(H2,20,21,22). The van der Waals surface area contributed by atoms with Gasteiger partial charge in [0.1, 0.15) is 0 Å². The molecule has 0 aromatic carbocycles. The first kappa shape index (κ1) is 21.2. The Hall–Kier alpha value is -1.15. The zero-order valence-electron chi connectivity index (χ0n) is 16.4. The third kappa shape index (κ3) is 7.61. The highest BCUT2D eigenvalue weighted by molar-refractivity contribution is 7.10. The highest BCUT2D eigenvalue weighted by atomic mass is 32.1. The molecule has 148 valence electrons. The van der Waals surface area contributed by atoms with E-state index in [0.717, 1.165) is 64.7 Å². The number of ether oxygens (including phenoxy) is 2. The summed E-state index contributed by atoms with van der Waals surface area (Å²) in [6.07, 6.45) is 3.24. The molecule has 1 fully saturated rings. The van der Waals surface area contributed by atoms with E-state index in [1.807, 2.05) is 7.05 Å². The quantitative estimate of drug-likeness (QED) is 0.370. The fourth-order valence-corrected chi connectivity index (χ4v) is 3.90. The molecular formula is C19H34N4O2S. The lowest BCUT2D eigenvalue weighted by Crippen LogP contribution is -2.42. The molecule has 0 bridgehead atoms. The minimum absolute atomic E-state index is 0.344. The summed E-state index contributed by atoms with van der Waals surface area (Å²) in [5.41, 5.74) is 0. The van der Waals surface area contributed by atoms with Crippen LogP contribution in [-0.4, -0.2) is 71.5 Å². The molecule has 7 heteroatoms. The molecule has 0 radical (unpaired) electrons. The fourth-order valence-electron chi connectivity index (χ4n) is 2.98. The van der Waals surface area contributed by atoms with E-state index >= 15 is 0 Å². The van der Waals surface area contributed by atoms with Crippen LogP contribution in [0.5, 0.6) is 0 Å². The van der Waals surface area contributed by atoms with E-state index in [4.69, 9.17) is 9.47 Å². The number of rotatable bonds is 10. The largest absolute Gasteiger partial charge is 0.381 e. The monoisotopic (exact) mass is 382 g/mol. The molecule has 1 atom stereocenters. The second-order valence-corrected chi connectivity index (χ2v) is 7.84. The third-order valence-electron chi connectivity index (χ3n) is 4.63. The van der Waals surface area contributed by atoms with Gasteiger partial charge in [-0.1, -0.05) is 6.07 Å². The summed E-state index contributed by atoms with van der Waals surface area (Å²) < 4.78 is 11.2. The SMILES string of the molecule is CN=C(NCCCOCC1CCOCC1)NCC(c1cccs1)N(C)C. The van der Waals surface area contributed by atoms with E-state index < -0.39 is 0 Å². The molecular weight excluding hydrogens is 348 g/mol. The van der Waals surface area contributed by atoms with Gasteiger partial charge >= 0.3 is 0 Å². The molecule has 1 aromatic heterocycles. The predicted octanol–water partition coefficient (Wildman–Crippen LogP) is 2.35. The summed E-state index contributed by atoms with van der Waals surface area (Å²) in [6.45, 7) is 5.11. The lowest BCUT2D eigenvalue weighted by Gasteiger charge is -2.24. The first-order chi connectivity index (χ1) is 12.7. The van der Waals surface area contributed by atoms with E-state index in [1.54, 1.807) is 11.3 Å². The Kier molecular flexibility index (Phi) is 9.99. The molecule has 2 N–H and O–H groups in total. The van der Waals surface area contributed by atoms with Crippen LogP contribution in [0.15, 0.2) is 22.5 Å². The minimum atomic E-state index is 0.344. The van der Waals surface area contributed by atoms with E-state index in [9.17, 15) is 0 Å². The lowest BCUT2D eigenvalue weighted by molar-refractivity contribution is 0.0203. The molecule has 1 aliphatic rings. The van der Waals surface area contributed by atoms with Crippen LogP contribution in [0.4, 0.5) is 0 Å². The van der Waals surface area contributed by atoms with Crippen molar-refractivity contribution in [2.45, 2.75) is 25.3 Å². The van der Waals surface area contributed by atoms with Gasteiger partial charge in [-0.3, -0.25) is 4.99 Å². The molecule has 6 nitrogen and oxygen atoms in total. The number of hydrogen-bond acceptors (Lipinski definition) is 5. The lowest BCUT2D eigenvalue weighted by atomic mass is 10.0. The van der Waals surface area contributed by atoms with Crippen LogP contribution in [0.3, 0.4) is 0 Å². The Morgan fingerprint density at radius 3 is 2.85 bits per heavy atom. The Bertz CT molecular complexity index is 502. The highest BCUT2D eigenvalue weighted by Crippen LogP contribution is 2.22. The third-order valence-corrected chi connectivity index (χ3v) is 5.61. The number of nitrogens with zero attached hydrogens (tertiary/aromatic N) is 2. The summed E-state index contributed by atoms with van der Waals surface area (Å²) in [5.74, 6) is 1.52. The maximum absolute atomic E-state index is 5.81. The molecule has 2 rings (SSSR count). The van der Waals surface area contributed by atoms with E-state index in [-0.39, 0.29) is 0 Å². The Balaban J connectivity index is 1.58. The summed E-state index contributed by atoms with van der Waals surface area (Å²) in [7, 11) is 6.03. The molecule has 1 aromatic rings. The maximum Gasteiger partial charge on any atom is 0.191 e. The summed E-state index contributed by atoms with van der Waals surface area (Å²) >= 11 is 1.79. The topological polar surface area (TPSA) is 58.1 Å². The molecule has 1 unspecified atom stereocenters. The number of nitrogens with one attached hydrogen (secondary N) is 2. The molecule has 0 saturated carbocycles. The van der Waals surface area contributed by atoms with Crippen molar-refractivity contribution in [2.24, 2.45) is 10.9 Å². The molecule has 26 heavy (non-hydrogen) atoms. The first-order valence-corrected chi connectivity index (χ1v) is 10.4. The summed E-state index contributed by atoms with van der Waals surface area (Å²) in [5, 5.41) is 8.93. The Morgan fingerprint density at radius 1 is 1.38 bits per heavy atom. The van der Waals surface area contributed by atoms with Gasteiger partial charge in [0.2, 0.25) is 0 Å². The number of thiophene rings is 1. The number of likely N-dealkylation sites (N-methyl/N-ethyl adjacent to an activating group) is 1. The smallest absolute Gasteiger partial charge is 0.191 e. The average molecular weight is 383 g/mol. The Labute approximate surface area is 162 Å². The van der Waals surface area contributed by atoms with Gasteiger partial charge in [-0.25, -0.2) is 0 Å². The number of aliphatic imine (C=N–C) groups is 1. The van der Waals surface area contributed by atoms with Crippen LogP contribution in [0.25, 0.3) is 0 Å². The van der Waals surface area contributed by atoms with Crippen LogP contribution in [0, 0.1) is 5.92 Å². The van der Waals surface area contributed by atoms with E-state index in [1.165, 1.54) is 4.88 Å². The predicted molar refractivity (Wildman–Crippen MR) is 109 cm³/mol. The molecule has 0 amide bonds. The fraction of sp³-hybridized carbons (Fsp3) is 0.737. The number of hydrogen-bond donors (Lipinski definition) is 2. The second kappa shape index (κ2) is 12.3. The van der Waals surface area contributed by atoms with Crippen LogP contribution in [-0.2, 0) is 9.47 Å². The average Bonchev–Trinajstić information content (AvgIpc) is 3.18. The van der Waals surface area contributed by atoms with Crippen molar-refractivity contribution >= 4 is 17.3 Å². The van der Waals surface area contributed by atoms with Gasteiger partial charge in [-0.15, -0.1) is 11.3 Å². The van der Waals surface area contributed by atoms with Crippen molar-refractivity contribution < 1.29 is 9.47 Å². The van der Waals surface area contributed by atoms with Crippen LogP contribution in [0.2, 0.25) is 0 Å². The highest BCUT2D eigenvalue weighted by Gasteiger charge is 2.15. The zero-order chi connectivity index (χ0) is 18.6. The molecule has 2 heterocycles. The molecule has 0 aliphatic carbocycles. The van der Waals surface area contributed by atoms with Crippen molar-refractivity contribution in [1.29, 1.82) is 0 Å². The van der Waals surface area contributed by atoms with Crippen molar-refractivity contribution in [1.82, 2.24) is 15.5 Å². The first-order valence-electron chi connectivity index (χ1n) is 9.50. The van der Waals surface area contributed by atoms with Crippen molar-refractivity contribution in [3.8, 4) is 0 Å². The zero-order valence-corrected chi connectivity index (χ0v) is 17.2. The van der Waals surface area contributed by atoms with Gasteiger partial charge < -0.3 is 25.0 Å². The summed E-state index contributed by atoms with van der Waals surface area (Å²) in [4.78, 5) is 7.91. The van der Waals surface area contributed by atoms with Gasteiger partial charge in [-0.05, 0) is 50.7 Å². The van der Waals surface area contributed by atoms with Gasteiger partial charge in [0.05, 0.1) is 6.04 Å². The van der Waals surface area contributed by atoms with Gasteiger partial charge in [0, 0.05) is 51.4 Å². The maximum atomic E-state index is 5.81. The van der Waals surface area contributed by atoms with Crippen molar-refractivity contribution in [2.75, 3.05) is 60.7 Å².